The SMILES string of the molecule is N#CC1CN(C(=O)c2cc(N)n[nH]2)CCO1. The Bertz CT molecular complexity index is 435. The average Bonchev–Trinajstić information content (AvgIpc) is 2.75. The second-order valence-corrected chi connectivity index (χ2v) is 3.45. The van der Waals surface area contributed by atoms with Crippen LogP contribution in [0.25, 0.3) is 0 Å². The van der Waals surface area contributed by atoms with Crippen LogP contribution in [0.3, 0.4) is 0 Å². The van der Waals surface area contributed by atoms with E-state index in [1.165, 1.54) is 6.07 Å². The van der Waals surface area contributed by atoms with Gasteiger partial charge in [-0.25, -0.2) is 0 Å². The van der Waals surface area contributed by atoms with Gasteiger partial charge < -0.3 is 15.4 Å². The number of carbonyl (C=O) groups is 1. The molecule has 7 heteroatoms. The Hall–Kier alpha value is -2.07. The van der Waals surface area contributed by atoms with Crippen molar-refractivity contribution in [3.05, 3.63) is 11.8 Å². The topological polar surface area (TPSA) is 108 Å². The number of ether oxygens (including phenoxy) is 1. The summed E-state index contributed by atoms with van der Waals surface area (Å²) in [5.41, 5.74) is 5.74. The van der Waals surface area contributed by atoms with E-state index >= 15 is 0 Å². The molecule has 0 radical (unpaired) electrons. The van der Waals surface area contributed by atoms with Crippen LogP contribution in [0.2, 0.25) is 0 Å². The van der Waals surface area contributed by atoms with Crippen molar-refractivity contribution in [2.45, 2.75) is 6.10 Å². The van der Waals surface area contributed by atoms with E-state index < -0.39 is 6.10 Å². The second-order valence-electron chi connectivity index (χ2n) is 3.45. The van der Waals surface area contributed by atoms with E-state index in [9.17, 15) is 4.79 Å². The van der Waals surface area contributed by atoms with Crippen LogP contribution >= 0.6 is 0 Å². The van der Waals surface area contributed by atoms with Gasteiger partial charge in [0.1, 0.15) is 11.5 Å². The lowest BCUT2D eigenvalue weighted by atomic mass is 10.2. The first-order chi connectivity index (χ1) is 7.70. The molecule has 3 N–H and O–H groups in total. The highest BCUT2D eigenvalue weighted by molar-refractivity contribution is 5.93. The zero-order valence-electron chi connectivity index (χ0n) is 8.51. The fourth-order valence-electron chi connectivity index (χ4n) is 1.53. The van der Waals surface area contributed by atoms with Crippen LogP contribution in [0.4, 0.5) is 5.82 Å². The summed E-state index contributed by atoms with van der Waals surface area (Å²) in [6.45, 7) is 1.11. The molecular weight excluding hydrogens is 210 g/mol. The number of amides is 1. The predicted octanol–water partition coefficient (Wildman–Crippen LogP) is -0.644. The Balaban J connectivity index is 2.08. The minimum absolute atomic E-state index is 0.215. The molecule has 0 saturated carbocycles. The van der Waals surface area contributed by atoms with Crippen LogP contribution in [-0.4, -0.2) is 46.8 Å². The number of hydrogen-bond acceptors (Lipinski definition) is 5. The van der Waals surface area contributed by atoms with Gasteiger partial charge in [-0.2, -0.15) is 10.4 Å². The molecule has 1 unspecified atom stereocenters. The summed E-state index contributed by atoms with van der Waals surface area (Å²) in [7, 11) is 0. The first-order valence-electron chi connectivity index (χ1n) is 4.82. The van der Waals surface area contributed by atoms with Crippen molar-refractivity contribution in [2.24, 2.45) is 0 Å². The van der Waals surface area contributed by atoms with E-state index in [1.807, 2.05) is 6.07 Å². The number of nitrogen functional groups attached to an aromatic ring is 1. The van der Waals surface area contributed by atoms with Gasteiger partial charge in [0.15, 0.2) is 6.10 Å². The molecule has 1 saturated heterocycles. The summed E-state index contributed by atoms with van der Waals surface area (Å²) >= 11 is 0. The number of nitrogens with one attached hydrogen (secondary N) is 1. The van der Waals surface area contributed by atoms with E-state index in [1.54, 1.807) is 4.90 Å². The maximum atomic E-state index is 11.9. The van der Waals surface area contributed by atoms with Crippen molar-refractivity contribution in [3.63, 3.8) is 0 Å². The molecule has 16 heavy (non-hydrogen) atoms. The number of aromatic amines is 1. The van der Waals surface area contributed by atoms with Gasteiger partial charge in [-0.1, -0.05) is 0 Å². The minimum Gasteiger partial charge on any atom is -0.382 e. The minimum atomic E-state index is -0.557. The van der Waals surface area contributed by atoms with Crippen molar-refractivity contribution in [1.82, 2.24) is 15.1 Å². The van der Waals surface area contributed by atoms with Gasteiger partial charge >= 0.3 is 0 Å². The van der Waals surface area contributed by atoms with E-state index in [0.29, 0.717) is 18.8 Å². The highest BCUT2D eigenvalue weighted by Crippen LogP contribution is 2.10. The highest BCUT2D eigenvalue weighted by atomic mass is 16.5. The van der Waals surface area contributed by atoms with Crippen molar-refractivity contribution in [2.75, 3.05) is 25.4 Å². The van der Waals surface area contributed by atoms with Crippen LogP contribution in [-0.2, 0) is 4.74 Å². The number of morpholine rings is 1. The quantitative estimate of drug-likeness (QED) is 0.655. The normalized spacial score (nSPS) is 20.4. The number of nitrogens with two attached hydrogens (primary N) is 1. The third-order valence-corrected chi connectivity index (χ3v) is 2.33. The maximum absolute atomic E-state index is 11.9. The highest BCUT2D eigenvalue weighted by Gasteiger charge is 2.25. The van der Waals surface area contributed by atoms with Crippen LogP contribution in [0.5, 0.6) is 0 Å². The Morgan fingerprint density at radius 3 is 3.25 bits per heavy atom. The summed E-state index contributed by atoms with van der Waals surface area (Å²) in [5.74, 6) is 0.0567. The predicted molar refractivity (Wildman–Crippen MR) is 54.3 cm³/mol. The fraction of sp³-hybridized carbons (Fsp3) is 0.444. The zero-order chi connectivity index (χ0) is 11.5. The van der Waals surface area contributed by atoms with Crippen LogP contribution < -0.4 is 5.73 Å². The lowest BCUT2D eigenvalue weighted by molar-refractivity contribution is 0.00320. The first kappa shape index (κ1) is 10.4. The van der Waals surface area contributed by atoms with Gasteiger partial charge in [0, 0.05) is 12.6 Å². The summed E-state index contributed by atoms with van der Waals surface area (Å²) in [4.78, 5) is 13.5. The van der Waals surface area contributed by atoms with Gasteiger partial charge in [-0.3, -0.25) is 9.89 Å². The van der Waals surface area contributed by atoms with Gasteiger partial charge in [-0.05, 0) is 0 Å². The summed E-state index contributed by atoms with van der Waals surface area (Å²) in [6.07, 6.45) is -0.557. The number of nitrogens with zero attached hydrogens (tertiary/aromatic N) is 3. The average molecular weight is 221 g/mol. The molecule has 0 aliphatic carbocycles. The van der Waals surface area contributed by atoms with Gasteiger partial charge in [0.2, 0.25) is 0 Å². The molecule has 84 valence electrons. The molecule has 7 nitrogen and oxygen atoms in total. The third kappa shape index (κ3) is 1.97. The molecule has 0 spiro atoms. The molecule has 2 heterocycles. The Kier molecular flexibility index (Phi) is 2.74. The smallest absolute Gasteiger partial charge is 0.272 e. The van der Waals surface area contributed by atoms with Gasteiger partial charge in [0.25, 0.3) is 5.91 Å². The largest absolute Gasteiger partial charge is 0.382 e. The van der Waals surface area contributed by atoms with Crippen LogP contribution in [0, 0.1) is 11.3 Å². The van der Waals surface area contributed by atoms with Crippen LogP contribution in [0.15, 0.2) is 6.07 Å². The molecule has 0 aromatic carbocycles. The Morgan fingerprint density at radius 2 is 2.62 bits per heavy atom. The monoisotopic (exact) mass is 221 g/mol. The molecular formula is C9H11N5O2. The molecule has 1 amide bonds. The summed E-state index contributed by atoms with van der Waals surface area (Å²) in [5, 5.41) is 14.9. The number of carbonyl (C=O) groups excluding carboxylic acids is 1. The maximum Gasteiger partial charge on any atom is 0.272 e. The molecule has 1 aliphatic rings. The second kappa shape index (κ2) is 4.20. The molecule has 0 bridgehead atoms. The van der Waals surface area contributed by atoms with Gasteiger partial charge in [-0.15, -0.1) is 0 Å². The van der Waals surface area contributed by atoms with Crippen molar-refractivity contribution in [1.29, 1.82) is 5.26 Å². The molecule has 1 aromatic rings. The molecule has 1 fully saturated rings. The standard InChI is InChI=1S/C9H11N5O2/c10-4-6-5-14(1-2-16-6)9(15)7-3-8(11)13-12-7/h3,6H,1-2,5H2,(H3,11,12,13). The number of H-pyrrole nitrogens is 1. The lowest BCUT2D eigenvalue weighted by Crippen LogP contribution is -2.45. The molecule has 1 aromatic heterocycles. The number of aromatic nitrogens is 2. The van der Waals surface area contributed by atoms with Gasteiger partial charge in [0.05, 0.1) is 19.2 Å². The Morgan fingerprint density at radius 1 is 1.81 bits per heavy atom. The number of nitriles is 1. The Labute approximate surface area is 91.8 Å². The molecule has 1 atom stereocenters. The summed E-state index contributed by atoms with van der Waals surface area (Å²) < 4.78 is 5.14. The molecule has 1 aliphatic heterocycles. The number of anilines is 1. The van der Waals surface area contributed by atoms with Crippen molar-refractivity contribution >= 4 is 11.7 Å². The first-order valence-corrected chi connectivity index (χ1v) is 4.82. The van der Waals surface area contributed by atoms with E-state index in [4.69, 9.17) is 15.7 Å². The lowest BCUT2D eigenvalue weighted by Gasteiger charge is -2.29. The number of hydrogen-bond donors (Lipinski definition) is 2. The third-order valence-electron chi connectivity index (χ3n) is 2.33. The summed E-state index contributed by atoms with van der Waals surface area (Å²) in [6, 6.07) is 3.45. The van der Waals surface area contributed by atoms with Crippen molar-refractivity contribution < 1.29 is 9.53 Å². The number of rotatable bonds is 1. The van der Waals surface area contributed by atoms with Crippen molar-refractivity contribution in [3.8, 4) is 6.07 Å². The molecule has 2 rings (SSSR count). The van der Waals surface area contributed by atoms with Crippen LogP contribution in [0.1, 0.15) is 10.5 Å². The van der Waals surface area contributed by atoms with E-state index in [2.05, 4.69) is 10.2 Å². The fourth-order valence-corrected chi connectivity index (χ4v) is 1.53. The van der Waals surface area contributed by atoms with E-state index in [0.717, 1.165) is 0 Å². The van der Waals surface area contributed by atoms with E-state index in [-0.39, 0.29) is 18.3 Å². The zero-order valence-corrected chi connectivity index (χ0v) is 8.51.